The van der Waals surface area contributed by atoms with Gasteiger partial charge in [0.15, 0.2) is 17.3 Å². The van der Waals surface area contributed by atoms with Crippen LogP contribution in [0.2, 0.25) is 5.15 Å². The Kier molecular flexibility index (Phi) is 3.96. The van der Waals surface area contributed by atoms with Crippen LogP contribution in [0.25, 0.3) is 11.7 Å². The van der Waals surface area contributed by atoms with Crippen molar-refractivity contribution in [3.8, 4) is 0 Å². The highest BCUT2D eigenvalue weighted by Crippen LogP contribution is 2.24. The van der Waals surface area contributed by atoms with Gasteiger partial charge in [-0.3, -0.25) is 14.9 Å². The highest BCUT2D eigenvalue weighted by atomic mass is 35.5. The molecule has 1 aliphatic heterocycles. The van der Waals surface area contributed by atoms with Crippen molar-refractivity contribution in [2.75, 3.05) is 11.1 Å². The monoisotopic (exact) mass is 387 g/mol. The van der Waals surface area contributed by atoms with E-state index in [4.69, 9.17) is 17.3 Å². The van der Waals surface area contributed by atoms with Crippen molar-refractivity contribution in [3.05, 3.63) is 46.5 Å². The number of carbonyl (C=O) groups excluding carboxylic acids is 2. The third-order valence-corrected chi connectivity index (χ3v) is 4.02. The lowest BCUT2D eigenvalue weighted by molar-refractivity contribution is -0.124. The number of pyridine rings is 1. The summed E-state index contributed by atoms with van der Waals surface area (Å²) in [4.78, 5) is 31.3. The zero-order valence-corrected chi connectivity index (χ0v) is 14.3. The number of nitrogen functional groups attached to an aromatic ring is 1. The summed E-state index contributed by atoms with van der Waals surface area (Å²) in [6.45, 7) is 0. The lowest BCUT2D eigenvalue weighted by Gasteiger charge is -2.08. The number of imide groups is 1. The van der Waals surface area contributed by atoms with E-state index in [1.807, 2.05) is 0 Å². The second-order valence-corrected chi connectivity index (χ2v) is 6.10. The average molecular weight is 388 g/mol. The summed E-state index contributed by atoms with van der Waals surface area (Å²) in [5.41, 5.74) is 7.06. The molecule has 0 aliphatic carbocycles. The molecule has 0 atom stereocenters. The van der Waals surface area contributed by atoms with Gasteiger partial charge < -0.3 is 11.1 Å². The van der Waals surface area contributed by atoms with Crippen LogP contribution >= 0.6 is 11.6 Å². The lowest BCUT2D eigenvalue weighted by Crippen LogP contribution is -2.19. The molecule has 11 heteroatoms. The first kappa shape index (κ1) is 16.9. The Bertz CT molecular complexity index is 1140. The summed E-state index contributed by atoms with van der Waals surface area (Å²) < 4.78 is 15.2. The maximum atomic E-state index is 13.9. The number of hydrogen-bond acceptors (Lipinski definition) is 7. The van der Waals surface area contributed by atoms with Crippen molar-refractivity contribution in [3.63, 3.8) is 0 Å². The van der Waals surface area contributed by atoms with E-state index in [1.165, 1.54) is 35.0 Å². The third-order valence-electron chi connectivity index (χ3n) is 3.81. The Morgan fingerprint density at radius 3 is 2.89 bits per heavy atom. The standard InChI is InChI=1S/C16H11ClFN7O2/c17-10-2-1-9(18)14(21-10)22-12-5-11(19)25-15(23-12)8(6-20-25)3-7-4-13(26)24-16(7)27/h1-3,5-6H,4,19H2,(H,21,22,23)(H,24,26,27)/b7-3+. The van der Waals surface area contributed by atoms with E-state index in [0.717, 1.165) is 0 Å². The molecule has 0 unspecified atom stereocenters. The lowest BCUT2D eigenvalue weighted by atomic mass is 10.1. The van der Waals surface area contributed by atoms with Crippen LogP contribution in [0.5, 0.6) is 0 Å². The van der Waals surface area contributed by atoms with Gasteiger partial charge in [0.1, 0.15) is 16.8 Å². The number of aromatic nitrogens is 4. The Hall–Kier alpha value is -3.53. The molecule has 3 aromatic heterocycles. The number of halogens is 2. The number of carbonyl (C=O) groups is 2. The molecule has 27 heavy (non-hydrogen) atoms. The molecule has 1 aliphatic rings. The van der Waals surface area contributed by atoms with Gasteiger partial charge in [0.2, 0.25) is 5.91 Å². The molecule has 1 fully saturated rings. The molecule has 3 aromatic rings. The first-order valence-electron chi connectivity index (χ1n) is 7.69. The molecule has 0 saturated carbocycles. The minimum Gasteiger partial charge on any atom is -0.383 e. The Morgan fingerprint density at radius 1 is 1.33 bits per heavy atom. The molecule has 0 bridgehead atoms. The van der Waals surface area contributed by atoms with Crippen molar-refractivity contribution < 1.29 is 14.0 Å². The van der Waals surface area contributed by atoms with Crippen LogP contribution in [0.15, 0.2) is 30.0 Å². The molecule has 9 nitrogen and oxygen atoms in total. The fourth-order valence-corrected chi connectivity index (χ4v) is 2.75. The second-order valence-electron chi connectivity index (χ2n) is 5.71. The molecule has 0 radical (unpaired) electrons. The molecule has 4 heterocycles. The zero-order chi connectivity index (χ0) is 19.1. The normalized spacial score (nSPS) is 15.6. The fourth-order valence-electron chi connectivity index (χ4n) is 2.60. The van der Waals surface area contributed by atoms with Gasteiger partial charge in [0, 0.05) is 17.2 Å². The fraction of sp³-hybridized carbons (Fsp3) is 0.0625. The summed E-state index contributed by atoms with van der Waals surface area (Å²) in [7, 11) is 0. The highest BCUT2D eigenvalue weighted by molar-refractivity contribution is 6.29. The number of rotatable bonds is 3. The average Bonchev–Trinajstić information content (AvgIpc) is 3.15. The second kappa shape index (κ2) is 6.32. The maximum absolute atomic E-state index is 13.9. The van der Waals surface area contributed by atoms with Gasteiger partial charge in [-0.1, -0.05) is 11.6 Å². The van der Waals surface area contributed by atoms with Crippen molar-refractivity contribution in [1.82, 2.24) is 24.9 Å². The maximum Gasteiger partial charge on any atom is 0.254 e. The molecule has 4 rings (SSSR count). The molecule has 0 spiro atoms. The van der Waals surface area contributed by atoms with E-state index in [-0.39, 0.29) is 40.5 Å². The van der Waals surface area contributed by atoms with Crippen molar-refractivity contribution in [2.45, 2.75) is 6.42 Å². The van der Waals surface area contributed by atoms with Gasteiger partial charge in [-0.05, 0) is 18.2 Å². The van der Waals surface area contributed by atoms with Gasteiger partial charge in [-0.15, -0.1) is 0 Å². The van der Waals surface area contributed by atoms with Crippen LogP contribution in [0, 0.1) is 5.82 Å². The number of anilines is 3. The number of nitrogens with two attached hydrogens (primary N) is 1. The molecule has 1 saturated heterocycles. The minimum absolute atomic E-state index is 0.0265. The number of nitrogens with zero attached hydrogens (tertiary/aromatic N) is 4. The predicted octanol–water partition coefficient (Wildman–Crippen LogP) is 1.67. The van der Waals surface area contributed by atoms with Crippen LogP contribution in [-0.2, 0) is 9.59 Å². The molecule has 136 valence electrons. The van der Waals surface area contributed by atoms with E-state index in [1.54, 1.807) is 0 Å². The minimum atomic E-state index is -0.614. The topological polar surface area (TPSA) is 127 Å². The van der Waals surface area contributed by atoms with Crippen LogP contribution in [-0.4, -0.2) is 31.4 Å². The molecule has 2 amide bonds. The van der Waals surface area contributed by atoms with E-state index in [2.05, 4.69) is 25.7 Å². The molecular formula is C16H11ClFN7O2. The van der Waals surface area contributed by atoms with Crippen LogP contribution < -0.4 is 16.4 Å². The van der Waals surface area contributed by atoms with Crippen LogP contribution in [0.1, 0.15) is 12.0 Å². The van der Waals surface area contributed by atoms with Crippen LogP contribution in [0.4, 0.5) is 21.8 Å². The Morgan fingerprint density at radius 2 is 2.15 bits per heavy atom. The summed E-state index contributed by atoms with van der Waals surface area (Å²) in [5.74, 6) is -1.13. The number of hydrogen-bond donors (Lipinski definition) is 3. The third kappa shape index (κ3) is 3.17. The quantitative estimate of drug-likeness (QED) is 0.354. The number of amides is 2. The smallest absolute Gasteiger partial charge is 0.254 e. The molecule has 4 N–H and O–H groups in total. The van der Waals surface area contributed by atoms with Gasteiger partial charge in [0.25, 0.3) is 5.91 Å². The zero-order valence-electron chi connectivity index (χ0n) is 13.5. The number of fused-ring (bicyclic) bond motifs is 1. The molecule has 0 aromatic carbocycles. The van der Waals surface area contributed by atoms with Gasteiger partial charge in [0.05, 0.1) is 12.6 Å². The molecular weight excluding hydrogens is 377 g/mol. The first-order valence-corrected chi connectivity index (χ1v) is 8.06. The van der Waals surface area contributed by atoms with Gasteiger partial charge >= 0.3 is 0 Å². The summed E-state index contributed by atoms with van der Waals surface area (Å²) >= 11 is 5.79. The van der Waals surface area contributed by atoms with Crippen molar-refractivity contribution in [2.24, 2.45) is 0 Å². The van der Waals surface area contributed by atoms with E-state index < -0.39 is 11.7 Å². The Labute approximate surface area is 156 Å². The van der Waals surface area contributed by atoms with E-state index in [9.17, 15) is 14.0 Å². The largest absolute Gasteiger partial charge is 0.383 e. The van der Waals surface area contributed by atoms with E-state index >= 15 is 0 Å². The summed E-state index contributed by atoms with van der Waals surface area (Å²) in [5, 5.41) is 9.14. The SMILES string of the molecule is Nc1cc(Nc2nc(Cl)ccc2F)nc2c(/C=C3\CC(=O)NC3=O)cnn12. The summed E-state index contributed by atoms with van der Waals surface area (Å²) in [6.07, 6.45) is 2.95. The number of nitrogens with one attached hydrogen (secondary N) is 2. The van der Waals surface area contributed by atoms with Crippen molar-refractivity contribution >= 4 is 52.6 Å². The van der Waals surface area contributed by atoms with E-state index in [0.29, 0.717) is 11.2 Å². The summed E-state index contributed by atoms with van der Waals surface area (Å²) in [6, 6.07) is 3.94. The van der Waals surface area contributed by atoms with Gasteiger partial charge in [-0.2, -0.15) is 9.61 Å². The van der Waals surface area contributed by atoms with Gasteiger partial charge in [-0.25, -0.2) is 14.4 Å². The highest BCUT2D eigenvalue weighted by Gasteiger charge is 2.24. The Balaban J connectivity index is 1.76. The first-order chi connectivity index (χ1) is 12.9. The predicted molar refractivity (Wildman–Crippen MR) is 95.6 cm³/mol. The van der Waals surface area contributed by atoms with Crippen LogP contribution in [0.3, 0.4) is 0 Å². The van der Waals surface area contributed by atoms with Crippen molar-refractivity contribution in [1.29, 1.82) is 0 Å².